The minimum Gasteiger partial charge on any atom is -0.381 e. The molecule has 0 aliphatic carbocycles. The molecule has 0 heterocycles. The van der Waals surface area contributed by atoms with Gasteiger partial charge >= 0.3 is 0 Å². The van der Waals surface area contributed by atoms with E-state index in [4.69, 9.17) is 0 Å². The predicted molar refractivity (Wildman–Crippen MR) is 177 cm³/mol. The van der Waals surface area contributed by atoms with Crippen molar-refractivity contribution in [3.05, 3.63) is 166 Å². The Labute approximate surface area is 264 Å². The maximum Gasteiger partial charge on any atom is 0.271 e. The van der Waals surface area contributed by atoms with Gasteiger partial charge in [-0.15, -0.1) is 0 Å². The van der Waals surface area contributed by atoms with Crippen LogP contribution in [-0.2, 0) is 13.1 Å². The molecule has 0 unspecified atom stereocenters. The van der Waals surface area contributed by atoms with Crippen LogP contribution in [0, 0.1) is 11.6 Å². The van der Waals surface area contributed by atoms with E-state index in [2.05, 4.69) is 31.7 Å². The second-order valence-electron chi connectivity index (χ2n) is 10.2. The van der Waals surface area contributed by atoms with Gasteiger partial charge in [-0.2, -0.15) is 10.2 Å². The van der Waals surface area contributed by atoms with Gasteiger partial charge in [0.25, 0.3) is 11.8 Å². The molecule has 46 heavy (non-hydrogen) atoms. The molecule has 0 aliphatic rings. The summed E-state index contributed by atoms with van der Waals surface area (Å²) in [5, 5.41) is 14.6. The van der Waals surface area contributed by atoms with Crippen molar-refractivity contribution in [1.29, 1.82) is 0 Å². The number of nitrogens with one attached hydrogen (secondary N) is 4. The maximum atomic E-state index is 13.1. The van der Waals surface area contributed by atoms with Crippen LogP contribution >= 0.6 is 0 Å². The molecule has 5 rings (SSSR count). The van der Waals surface area contributed by atoms with E-state index in [0.29, 0.717) is 24.2 Å². The largest absolute Gasteiger partial charge is 0.381 e. The van der Waals surface area contributed by atoms with Crippen LogP contribution < -0.4 is 21.5 Å². The van der Waals surface area contributed by atoms with E-state index in [1.165, 1.54) is 36.7 Å². The summed E-state index contributed by atoms with van der Waals surface area (Å²) in [6, 6.07) is 33.6. The van der Waals surface area contributed by atoms with Gasteiger partial charge in [0.1, 0.15) is 11.6 Å². The number of carbonyl (C=O) groups is 2. The zero-order valence-corrected chi connectivity index (χ0v) is 24.6. The normalized spacial score (nSPS) is 11.0. The summed E-state index contributed by atoms with van der Waals surface area (Å²) >= 11 is 0. The van der Waals surface area contributed by atoms with Crippen LogP contribution in [0.4, 0.5) is 20.2 Å². The van der Waals surface area contributed by atoms with E-state index in [1.54, 1.807) is 78.9 Å². The van der Waals surface area contributed by atoms with Crippen LogP contribution in [0.2, 0.25) is 0 Å². The number of amides is 2. The Morgan fingerprint density at radius 1 is 0.543 bits per heavy atom. The third-order valence-electron chi connectivity index (χ3n) is 6.78. The fourth-order valence-corrected chi connectivity index (χ4v) is 4.27. The van der Waals surface area contributed by atoms with Gasteiger partial charge in [-0.3, -0.25) is 9.59 Å². The van der Waals surface area contributed by atoms with Crippen molar-refractivity contribution < 1.29 is 18.4 Å². The van der Waals surface area contributed by atoms with Crippen molar-refractivity contribution in [1.82, 2.24) is 10.9 Å². The fraction of sp³-hybridized carbons (Fsp3) is 0.0556. The van der Waals surface area contributed by atoms with Crippen LogP contribution in [0.5, 0.6) is 0 Å². The monoisotopic (exact) mass is 616 g/mol. The molecule has 0 atom stereocenters. The van der Waals surface area contributed by atoms with E-state index < -0.39 is 0 Å². The molecule has 0 fully saturated rings. The first-order chi connectivity index (χ1) is 22.4. The van der Waals surface area contributed by atoms with Crippen molar-refractivity contribution in [3.8, 4) is 0 Å². The molecular formula is C36H30F2N6O2. The molecule has 0 aliphatic heterocycles. The summed E-state index contributed by atoms with van der Waals surface area (Å²) < 4.78 is 26.1. The highest BCUT2D eigenvalue weighted by Crippen LogP contribution is 2.13. The summed E-state index contributed by atoms with van der Waals surface area (Å²) in [4.78, 5) is 25.0. The van der Waals surface area contributed by atoms with Gasteiger partial charge in [0, 0.05) is 35.6 Å². The zero-order valence-electron chi connectivity index (χ0n) is 24.6. The minimum absolute atomic E-state index is 0.279. The summed E-state index contributed by atoms with van der Waals surface area (Å²) in [6.45, 7) is 1.06. The smallest absolute Gasteiger partial charge is 0.271 e. The average molecular weight is 617 g/mol. The number of hydrogen-bond acceptors (Lipinski definition) is 6. The van der Waals surface area contributed by atoms with Gasteiger partial charge in [0.15, 0.2) is 0 Å². The number of benzene rings is 5. The van der Waals surface area contributed by atoms with Gasteiger partial charge in [0.2, 0.25) is 0 Å². The number of halogens is 2. The lowest BCUT2D eigenvalue weighted by molar-refractivity contribution is 0.0947. The number of anilines is 2. The molecule has 2 amide bonds. The average Bonchev–Trinajstić information content (AvgIpc) is 3.08. The van der Waals surface area contributed by atoms with Gasteiger partial charge in [0.05, 0.1) is 12.4 Å². The first-order valence-electron chi connectivity index (χ1n) is 14.3. The maximum absolute atomic E-state index is 13.1. The lowest BCUT2D eigenvalue weighted by Gasteiger charge is -2.07. The van der Waals surface area contributed by atoms with E-state index >= 15 is 0 Å². The molecule has 0 radical (unpaired) electrons. The topological polar surface area (TPSA) is 107 Å². The standard InChI is InChI=1S/C36H30F2N6O2/c37-31-12-4-25(5-13-31)21-39-33-16-8-29(9-17-33)35(45)43-41-23-27-2-1-3-28(20-27)24-42-44-36(46)30-10-18-34(19-11-30)40-22-26-6-14-32(38)15-7-26/h1-20,23-24,39-40H,21-22H2,(H,43,45)(H,44,46)/b41-23+,42-24+. The summed E-state index contributed by atoms with van der Waals surface area (Å²) in [6.07, 6.45) is 3.02. The van der Waals surface area contributed by atoms with Crippen molar-refractivity contribution in [2.24, 2.45) is 10.2 Å². The zero-order chi connectivity index (χ0) is 32.1. The van der Waals surface area contributed by atoms with Crippen LogP contribution in [0.3, 0.4) is 0 Å². The molecule has 0 spiro atoms. The Balaban J connectivity index is 1.06. The highest BCUT2D eigenvalue weighted by Gasteiger charge is 2.06. The number of carbonyl (C=O) groups excluding carboxylic acids is 2. The van der Waals surface area contributed by atoms with Crippen molar-refractivity contribution in [3.63, 3.8) is 0 Å². The predicted octanol–water partition coefficient (Wildman–Crippen LogP) is 6.72. The van der Waals surface area contributed by atoms with E-state index in [1.807, 2.05) is 18.2 Å². The molecular weight excluding hydrogens is 586 g/mol. The second-order valence-corrected chi connectivity index (χ2v) is 10.2. The molecule has 8 nitrogen and oxygen atoms in total. The molecule has 10 heteroatoms. The summed E-state index contributed by atoms with van der Waals surface area (Å²) in [5.74, 6) is -1.28. The molecule has 230 valence electrons. The second kappa shape index (κ2) is 15.5. The highest BCUT2D eigenvalue weighted by atomic mass is 19.1. The van der Waals surface area contributed by atoms with Crippen molar-refractivity contribution >= 4 is 35.6 Å². The molecule has 5 aromatic rings. The molecule has 0 saturated heterocycles. The quantitative estimate of drug-likeness (QED) is 0.0923. The SMILES string of the molecule is O=C(N/N=C/c1cccc(/C=N/NC(=O)c2ccc(NCc3ccc(F)cc3)cc2)c1)c1ccc(NCc2ccc(F)cc2)cc1. The van der Waals surface area contributed by atoms with Crippen molar-refractivity contribution in [2.45, 2.75) is 13.1 Å². The molecule has 4 N–H and O–H groups in total. The molecule has 0 aromatic heterocycles. The van der Waals surface area contributed by atoms with Crippen LogP contribution in [0.1, 0.15) is 43.0 Å². The molecule has 5 aromatic carbocycles. The van der Waals surface area contributed by atoms with Crippen LogP contribution in [0.15, 0.2) is 132 Å². The third kappa shape index (κ3) is 9.42. The third-order valence-corrected chi connectivity index (χ3v) is 6.78. The Morgan fingerprint density at radius 2 is 0.935 bits per heavy atom. The highest BCUT2D eigenvalue weighted by molar-refractivity contribution is 5.96. The first-order valence-corrected chi connectivity index (χ1v) is 14.3. The fourth-order valence-electron chi connectivity index (χ4n) is 4.27. The summed E-state index contributed by atoms with van der Waals surface area (Å²) in [7, 11) is 0. The number of hydrogen-bond donors (Lipinski definition) is 4. The van der Waals surface area contributed by atoms with E-state index in [0.717, 1.165) is 33.6 Å². The first kappa shape index (κ1) is 31.3. The van der Waals surface area contributed by atoms with Gasteiger partial charge < -0.3 is 10.6 Å². The number of nitrogens with zero attached hydrogens (tertiary/aromatic N) is 2. The molecule has 0 bridgehead atoms. The van der Waals surface area contributed by atoms with Crippen LogP contribution in [0.25, 0.3) is 0 Å². The number of hydrazone groups is 2. The van der Waals surface area contributed by atoms with Crippen molar-refractivity contribution in [2.75, 3.05) is 10.6 Å². The van der Waals surface area contributed by atoms with Gasteiger partial charge in [-0.25, -0.2) is 19.6 Å². The molecule has 0 saturated carbocycles. The van der Waals surface area contributed by atoms with Crippen LogP contribution in [-0.4, -0.2) is 24.2 Å². The minimum atomic E-state index is -0.363. The number of rotatable bonds is 12. The summed E-state index contributed by atoms with van der Waals surface area (Å²) in [5.41, 5.74) is 10.9. The Morgan fingerprint density at radius 3 is 1.33 bits per heavy atom. The Kier molecular flexibility index (Phi) is 10.6. The Bertz CT molecular complexity index is 1690. The van der Waals surface area contributed by atoms with E-state index in [9.17, 15) is 18.4 Å². The van der Waals surface area contributed by atoms with Gasteiger partial charge in [-0.1, -0.05) is 42.5 Å². The van der Waals surface area contributed by atoms with Gasteiger partial charge in [-0.05, 0) is 101 Å². The lowest BCUT2D eigenvalue weighted by Crippen LogP contribution is -2.17. The Hall–Kier alpha value is -6.16. The van der Waals surface area contributed by atoms with E-state index in [-0.39, 0.29) is 23.4 Å². The lowest BCUT2D eigenvalue weighted by atomic mass is 10.1.